The Bertz CT molecular complexity index is 527. The van der Waals surface area contributed by atoms with E-state index in [9.17, 15) is 8.42 Å². The summed E-state index contributed by atoms with van der Waals surface area (Å²) in [7, 11) is -1.75. The molecule has 1 saturated carbocycles. The maximum absolute atomic E-state index is 12.2. The molecule has 1 aromatic carbocycles. The SMILES string of the molecule is CNc1ccccc1S(=O)(=O)NCCCOCC1CC1. The number of sulfonamides is 1. The molecule has 0 radical (unpaired) electrons. The van der Waals surface area contributed by atoms with Gasteiger partial charge in [-0.1, -0.05) is 12.1 Å². The smallest absolute Gasteiger partial charge is 0.242 e. The van der Waals surface area contributed by atoms with Gasteiger partial charge in [-0.3, -0.25) is 0 Å². The Morgan fingerprint density at radius 1 is 1.30 bits per heavy atom. The third-order valence-electron chi connectivity index (χ3n) is 3.25. The van der Waals surface area contributed by atoms with E-state index in [0.717, 1.165) is 12.5 Å². The van der Waals surface area contributed by atoms with Gasteiger partial charge in [0, 0.05) is 26.8 Å². The van der Waals surface area contributed by atoms with Crippen LogP contribution in [-0.2, 0) is 14.8 Å². The van der Waals surface area contributed by atoms with Crippen molar-refractivity contribution in [2.45, 2.75) is 24.2 Å². The highest BCUT2D eigenvalue weighted by Gasteiger charge is 2.21. The second kappa shape index (κ2) is 7.06. The average Bonchev–Trinajstić information content (AvgIpc) is 3.26. The van der Waals surface area contributed by atoms with Gasteiger partial charge < -0.3 is 10.1 Å². The summed E-state index contributed by atoms with van der Waals surface area (Å²) >= 11 is 0. The monoisotopic (exact) mass is 298 g/mol. The molecule has 112 valence electrons. The lowest BCUT2D eigenvalue weighted by Gasteiger charge is -2.11. The van der Waals surface area contributed by atoms with Crippen LogP contribution in [0.5, 0.6) is 0 Å². The van der Waals surface area contributed by atoms with Crippen LogP contribution in [0.4, 0.5) is 5.69 Å². The quantitative estimate of drug-likeness (QED) is 0.683. The van der Waals surface area contributed by atoms with Crippen molar-refractivity contribution in [2.24, 2.45) is 5.92 Å². The molecule has 0 aliphatic heterocycles. The molecule has 1 aromatic rings. The predicted molar refractivity (Wildman–Crippen MR) is 79.3 cm³/mol. The van der Waals surface area contributed by atoms with Gasteiger partial charge in [-0.15, -0.1) is 0 Å². The van der Waals surface area contributed by atoms with Gasteiger partial charge in [0.1, 0.15) is 4.90 Å². The van der Waals surface area contributed by atoms with Crippen molar-refractivity contribution >= 4 is 15.7 Å². The van der Waals surface area contributed by atoms with E-state index in [-0.39, 0.29) is 4.90 Å². The fourth-order valence-electron chi connectivity index (χ4n) is 1.90. The molecule has 1 aliphatic carbocycles. The molecule has 0 atom stereocenters. The largest absolute Gasteiger partial charge is 0.387 e. The Kier molecular flexibility index (Phi) is 5.39. The number of benzene rings is 1. The van der Waals surface area contributed by atoms with Crippen LogP contribution < -0.4 is 10.0 Å². The molecule has 0 heterocycles. The van der Waals surface area contributed by atoms with Crippen LogP contribution in [0.1, 0.15) is 19.3 Å². The van der Waals surface area contributed by atoms with Crippen molar-refractivity contribution in [3.8, 4) is 0 Å². The fourth-order valence-corrected chi connectivity index (χ4v) is 3.19. The van der Waals surface area contributed by atoms with E-state index in [4.69, 9.17) is 4.74 Å². The number of anilines is 1. The zero-order chi connectivity index (χ0) is 14.4. The van der Waals surface area contributed by atoms with E-state index < -0.39 is 10.0 Å². The van der Waals surface area contributed by atoms with Crippen molar-refractivity contribution in [3.63, 3.8) is 0 Å². The first-order valence-electron chi connectivity index (χ1n) is 6.97. The van der Waals surface area contributed by atoms with Gasteiger partial charge in [0.15, 0.2) is 0 Å². The lowest BCUT2D eigenvalue weighted by Crippen LogP contribution is -2.26. The topological polar surface area (TPSA) is 67.4 Å². The van der Waals surface area contributed by atoms with Crippen molar-refractivity contribution in [2.75, 3.05) is 32.1 Å². The fraction of sp³-hybridized carbons (Fsp3) is 0.571. The van der Waals surface area contributed by atoms with Gasteiger partial charge in [-0.2, -0.15) is 0 Å². The number of ether oxygens (including phenoxy) is 1. The molecule has 0 spiro atoms. The molecule has 6 heteroatoms. The minimum atomic E-state index is -3.46. The number of rotatable bonds is 9. The third kappa shape index (κ3) is 4.47. The van der Waals surface area contributed by atoms with E-state index >= 15 is 0 Å². The lowest BCUT2D eigenvalue weighted by atomic mass is 10.3. The summed E-state index contributed by atoms with van der Waals surface area (Å²) in [6.45, 7) is 1.81. The van der Waals surface area contributed by atoms with E-state index in [1.807, 2.05) is 0 Å². The third-order valence-corrected chi connectivity index (χ3v) is 4.77. The maximum Gasteiger partial charge on any atom is 0.242 e. The van der Waals surface area contributed by atoms with E-state index in [0.29, 0.717) is 25.3 Å². The Labute approximate surface area is 120 Å². The van der Waals surface area contributed by atoms with Crippen molar-refractivity contribution in [1.29, 1.82) is 0 Å². The van der Waals surface area contributed by atoms with Crippen molar-refractivity contribution in [1.82, 2.24) is 4.72 Å². The molecule has 2 N–H and O–H groups in total. The van der Waals surface area contributed by atoms with Crippen LogP contribution >= 0.6 is 0 Å². The van der Waals surface area contributed by atoms with Gasteiger partial charge in [0.05, 0.1) is 5.69 Å². The zero-order valence-electron chi connectivity index (χ0n) is 11.8. The minimum absolute atomic E-state index is 0.279. The van der Waals surface area contributed by atoms with Crippen molar-refractivity contribution < 1.29 is 13.2 Å². The first-order valence-corrected chi connectivity index (χ1v) is 8.46. The van der Waals surface area contributed by atoms with Gasteiger partial charge in [0.2, 0.25) is 10.0 Å². The second-order valence-electron chi connectivity index (χ2n) is 5.02. The molecule has 0 aromatic heterocycles. The van der Waals surface area contributed by atoms with Crippen LogP contribution in [-0.4, -0.2) is 35.2 Å². The Morgan fingerprint density at radius 2 is 2.05 bits per heavy atom. The van der Waals surface area contributed by atoms with Crippen LogP contribution in [0.2, 0.25) is 0 Å². The van der Waals surface area contributed by atoms with Crippen LogP contribution in [0.25, 0.3) is 0 Å². The number of hydrogen-bond acceptors (Lipinski definition) is 4. The number of hydrogen-bond donors (Lipinski definition) is 2. The van der Waals surface area contributed by atoms with E-state index in [1.54, 1.807) is 31.3 Å². The molecule has 0 bridgehead atoms. The molecule has 0 unspecified atom stereocenters. The molecule has 0 saturated heterocycles. The highest BCUT2D eigenvalue weighted by atomic mass is 32.2. The highest BCUT2D eigenvalue weighted by molar-refractivity contribution is 7.89. The minimum Gasteiger partial charge on any atom is -0.387 e. The Balaban J connectivity index is 1.77. The summed E-state index contributed by atoms with van der Waals surface area (Å²) in [4.78, 5) is 0.279. The summed E-state index contributed by atoms with van der Waals surface area (Å²) in [5.74, 6) is 0.745. The van der Waals surface area contributed by atoms with Crippen molar-refractivity contribution in [3.05, 3.63) is 24.3 Å². The predicted octanol–water partition coefficient (Wildman–Crippen LogP) is 1.82. The van der Waals surface area contributed by atoms with E-state index in [1.165, 1.54) is 12.8 Å². The normalized spacial score (nSPS) is 15.2. The van der Waals surface area contributed by atoms with Gasteiger partial charge >= 0.3 is 0 Å². The molecule has 2 rings (SSSR count). The van der Waals surface area contributed by atoms with Gasteiger partial charge in [-0.05, 0) is 37.3 Å². The lowest BCUT2D eigenvalue weighted by molar-refractivity contribution is 0.123. The summed E-state index contributed by atoms with van der Waals surface area (Å²) in [6.07, 6.45) is 3.23. The summed E-state index contributed by atoms with van der Waals surface area (Å²) in [6, 6.07) is 6.86. The van der Waals surface area contributed by atoms with Crippen LogP contribution in [0, 0.1) is 5.92 Å². The molecular weight excluding hydrogens is 276 g/mol. The summed E-state index contributed by atoms with van der Waals surface area (Å²) in [5, 5.41) is 2.89. The van der Waals surface area contributed by atoms with Gasteiger partial charge in [0.25, 0.3) is 0 Å². The number of nitrogens with one attached hydrogen (secondary N) is 2. The summed E-state index contributed by atoms with van der Waals surface area (Å²) in [5.41, 5.74) is 0.602. The highest BCUT2D eigenvalue weighted by Crippen LogP contribution is 2.28. The zero-order valence-corrected chi connectivity index (χ0v) is 12.6. The molecular formula is C14H22N2O3S. The standard InChI is InChI=1S/C14H22N2O3S/c1-15-13-5-2-3-6-14(13)20(17,18)16-9-4-10-19-11-12-7-8-12/h2-3,5-6,12,15-16H,4,7-11H2,1H3. The molecule has 20 heavy (non-hydrogen) atoms. The first kappa shape index (κ1) is 15.3. The number of para-hydroxylation sites is 1. The van der Waals surface area contributed by atoms with Crippen LogP contribution in [0.3, 0.4) is 0 Å². The van der Waals surface area contributed by atoms with Crippen LogP contribution in [0.15, 0.2) is 29.2 Å². The Morgan fingerprint density at radius 3 is 2.75 bits per heavy atom. The van der Waals surface area contributed by atoms with E-state index in [2.05, 4.69) is 10.0 Å². The summed E-state index contributed by atoms with van der Waals surface area (Å²) < 4.78 is 32.4. The molecule has 1 aliphatic rings. The molecule has 1 fully saturated rings. The maximum atomic E-state index is 12.2. The van der Waals surface area contributed by atoms with Gasteiger partial charge in [-0.25, -0.2) is 13.1 Å². The first-order chi connectivity index (χ1) is 9.63. The average molecular weight is 298 g/mol. The Hall–Kier alpha value is -1.11. The molecule has 5 nitrogen and oxygen atoms in total. The molecule has 0 amide bonds. The second-order valence-corrected chi connectivity index (χ2v) is 6.75.